The van der Waals surface area contributed by atoms with Crippen LogP contribution in [-0.2, 0) is 9.59 Å². The van der Waals surface area contributed by atoms with Crippen LogP contribution in [-0.4, -0.2) is 46.8 Å². The van der Waals surface area contributed by atoms with E-state index in [2.05, 4.69) is 5.32 Å². The molecule has 1 heterocycles. The predicted molar refractivity (Wildman–Crippen MR) is 71.9 cm³/mol. The van der Waals surface area contributed by atoms with Crippen molar-refractivity contribution in [2.75, 3.05) is 18.4 Å². The maximum Gasteiger partial charge on any atom is 0.327 e. The van der Waals surface area contributed by atoms with Crippen molar-refractivity contribution in [3.05, 3.63) is 30.3 Å². The molecule has 0 spiro atoms. The Bertz CT molecular complexity index is 554. The summed E-state index contributed by atoms with van der Waals surface area (Å²) in [6.07, 6.45) is 1.89. The average molecular weight is 273 g/mol. The van der Waals surface area contributed by atoms with Crippen LogP contribution in [0.2, 0.25) is 0 Å². The van der Waals surface area contributed by atoms with Gasteiger partial charge < -0.3 is 10.2 Å². The van der Waals surface area contributed by atoms with Crippen molar-refractivity contribution < 1.29 is 14.4 Å². The fourth-order valence-corrected chi connectivity index (χ4v) is 2.25. The van der Waals surface area contributed by atoms with E-state index in [1.165, 1.54) is 0 Å². The monoisotopic (exact) mass is 273 g/mol. The number of hydrogen-bond donors (Lipinski definition) is 1. The van der Waals surface area contributed by atoms with Gasteiger partial charge in [0.05, 0.1) is 0 Å². The first-order valence-corrected chi connectivity index (χ1v) is 6.61. The summed E-state index contributed by atoms with van der Waals surface area (Å²) in [7, 11) is 0. The maximum absolute atomic E-state index is 12.0. The van der Waals surface area contributed by atoms with Crippen LogP contribution in [0, 0.1) is 0 Å². The number of carbonyl (C=O) groups is 3. The maximum atomic E-state index is 12.0. The quantitative estimate of drug-likeness (QED) is 0.834. The number of rotatable bonds is 4. The molecule has 4 amide bonds. The second-order valence-electron chi connectivity index (χ2n) is 5.04. The van der Waals surface area contributed by atoms with Gasteiger partial charge in [-0.1, -0.05) is 18.2 Å². The van der Waals surface area contributed by atoms with Gasteiger partial charge in [-0.2, -0.15) is 0 Å². The Balaban J connectivity index is 1.61. The Morgan fingerprint density at radius 2 is 1.90 bits per heavy atom. The van der Waals surface area contributed by atoms with E-state index in [1.807, 2.05) is 6.07 Å². The molecule has 6 nitrogen and oxygen atoms in total. The molecule has 0 bridgehead atoms. The third kappa shape index (κ3) is 2.49. The van der Waals surface area contributed by atoms with Gasteiger partial charge in [0.2, 0.25) is 5.91 Å². The summed E-state index contributed by atoms with van der Waals surface area (Å²) in [5.74, 6) is -0.666. The molecule has 1 aliphatic heterocycles. The molecular formula is C14H15N3O3. The van der Waals surface area contributed by atoms with Gasteiger partial charge in [0.25, 0.3) is 5.91 Å². The first-order chi connectivity index (χ1) is 9.65. The summed E-state index contributed by atoms with van der Waals surface area (Å²) in [5.41, 5.74) is 0.649. The standard InChI is InChI=1S/C14H15N3O3/c18-12(15-10-4-2-1-3-5-10)8-17-13(19)9-16(14(17)20)11-6-7-11/h1-5,11H,6-9H2,(H,15,18). The lowest BCUT2D eigenvalue weighted by Gasteiger charge is -2.16. The van der Waals surface area contributed by atoms with Crippen molar-refractivity contribution >= 4 is 23.5 Å². The normalized spacial score (nSPS) is 18.6. The van der Waals surface area contributed by atoms with Crippen LogP contribution in [0.4, 0.5) is 10.5 Å². The van der Waals surface area contributed by atoms with E-state index in [0.717, 1.165) is 17.7 Å². The van der Waals surface area contributed by atoms with Gasteiger partial charge >= 0.3 is 6.03 Å². The zero-order valence-corrected chi connectivity index (χ0v) is 10.9. The topological polar surface area (TPSA) is 69.7 Å². The number of nitrogens with zero attached hydrogens (tertiary/aromatic N) is 2. The molecule has 1 saturated carbocycles. The van der Waals surface area contributed by atoms with Crippen molar-refractivity contribution in [2.24, 2.45) is 0 Å². The van der Waals surface area contributed by atoms with E-state index in [0.29, 0.717) is 5.69 Å². The molecular weight excluding hydrogens is 258 g/mol. The number of anilines is 1. The SMILES string of the molecule is O=C(CN1C(=O)CN(C2CC2)C1=O)Nc1ccccc1. The van der Waals surface area contributed by atoms with E-state index >= 15 is 0 Å². The van der Waals surface area contributed by atoms with Gasteiger partial charge in [0.1, 0.15) is 13.1 Å². The number of amides is 4. The highest BCUT2D eigenvalue weighted by Crippen LogP contribution is 2.30. The number of para-hydroxylation sites is 1. The molecule has 1 aromatic carbocycles. The first-order valence-electron chi connectivity index (χ1n) is 6.61. The number of nitrogens with one attached hydrogen (secondary N) is 1. The van der Waals surface area contributed by atoms with E-state index in [4.69, 9.17) is 0 Å². The average Bonchev–Trinajstić information content (AvgIpc) is 3.23. The van der Waals surface area contributed by atoms with Gasteiger partial charge in [-0.25, -0.2) is 4.79 Å². The lowest BCUT2D eigenvalue weighted by Crippen LogP contribution is -2.39. The second-order valence-corrected chi connectivity index (χ2v) is 5.04. The number of benzene rings is 1. The molecule has 1 aliphatic carbocycles. The number of urea groups is 1. The highest BCUT2D eigenvalue weighted by Gasteiger charge is 2.44. The highest BCUT2D eigenvalue weighted by molar-refractivity contribution is 6.06. The van der Waals surface area contributed by atoms with Crippen molar-refractivity contribution in [1.82, 2.24) is 9.80 Å². The van der Waals surface area contributed by atoms with E-state index in [9.17, 15) is 14.4 Å². The molecule has 0 aromatic heterocycles. The summed E-state index contributed by atoms with van der Waals surface area (Å²) < 4.78 is 0. The fourth-order valence-electron chi connectivity index (χ4n) is 2.25. The van der Waals surface area contributed by atoms with Crippen molar-refractivity contribution in [1.29, 1.82) is 0 Å². The lowest BCUT2D eigenvalue weighted by molar-refractivity contribution is -0.129. The van der Waals surface area contributed by atoms with Gasteiger partial charge in [-0.3, -0.25) is 14.5 Å². The molecule has 1 N–H and O–H groups in total. The van der Waals surface area contributed by atoms with Crippen LogP contribution in [0.5, 0.6) is 0 Å². The number of imide groups is 1. The molecule has 0 atom stereocenters. The smallest absolute Gasteiger partial charge is 0.325 e. The second kappa shape index (κ2) is 4.96. The molecule has 6 heteroatoms. The summed E-state index contributed by atoms with van der Waals surface area (Å²) in [4.78, 5) is 38.3. The third-order valence-corrected chi connectivity index (χ3v) is 3.43. The van der Waals surface area contributed by atoms with Gasteiger partial charge in [0.15, 0.2) is 0 Å². The summed E-state index contributed by atoms with van der Waals surface area (Å²) in [6.45, 7) is -0.127. The van der Waals surface area contributed by atoms with Crippen molar-refractivity contribution in [3.63, 3.8) is 0 Å². The van der Waals surface area contributed by atoms with Crippen LogP contribution in [0.1, 0.15) is 12.8 Å². The Morgan fingerprint density at radius 3 is 2.55 bits per heavy atom. The molecule has 3 rings (SSSR count). The van der Waals surface area contributed by atoms with Gasteiger partial charge in [0, 0.05) is 11.7 Å². The van der Waals surface area contributed by atoms with Crippen LogP contribution in [0.3, 0.4) is 0 Å². The third-order valence-electron chi connectivity index (χ3n) is 3.43. The number of hydrogen-bond acceptors (Lipinski definition) is 3. The van der Waals surface area contributed by atoms with E-state index in [-0.39, 0.29) is 37.0 Å². The highest BCUT2D eigenvalue weighted by atomic mass is 16.2. The predicted octanol–water partition coefficient (Wildman–Crippen LogP) is 1.05. The minimum Gasteiger partial charge on any atom is -0.325 e. The zero-order valence-electron chi connectivity index (χ0n) is 10.9. The Morgan fingerprint density at radius 1 is 1.20 bits per heavy atom. The van der Waals surface area contributed by atoms with Crippen LogP contribution >= 0.6 is 0 Å². The molecule has 1 aromatic rings. The van der Waals surface area contributed by atoms with Crippen molar-refractivity contribution in [2.45, 2.75) is 18.9 Å². The molecule has 0 radical (unpaired) electrons. The minimum absolute atomic E-state index is 0.0993. The molecule has 2 aliphatic rings. The molecule has 1 saturated heterocycles. The lowest BCUT2D eigenvalue weighted by atomic mass is 10.3. The summed E-state index contributed by atoms with van der Waals surface area (Å²) >= 11 is 0. The summed E-state index contributed by atoms with van der Waals surface area (Å²) in [5, 5.41) is 2.67. The Hall–Kier alpha value is -2.37. The minimum atomic E-state index is -0.365. The van der Waals surface area contributed by atoms with Crippen LogP contribution in [0.15, 0.2) is 30.3 Å². The molecule has 2 fully saturated rings. The number of carbonyl (C=O) groups excluding carboxylic acids is 3. The van der Waals surface area contributed by atoms with Gasteiger partial charge in [-0.15, -0.1) is 0 Å². The Kier molecular flexibility index (Phi) is 3.14. The van der Waals surface area contributed by atoms with Crippen LogP contribution in [0.25, 0.3) is 0 Å². The molecule has 0 unspecified atom stereocenters. The summed E-state index contributed by atoms with van der Waals surface area (Å²) in [6, 6.07) is 8.79. The molecule has 104 valence electrons. The fraction of sp³-hybridized carbons (Fsp3) is 0.357. The largest absolute Gasteiger partial charge is 0.327 e. The van der Waals surface area contributed by atoms with E-state index < -0.39 is 0 Å². The molecule has 20 heavy (non-hydrogen) atoms. The first kappa shape index (κ1) is 12.7. The Labute approximate surface area is 116 Å². The van der Waals surface area contributed by atoms with Crippen molar-refractivity contribution in [3.8, 4) is 0 Å². The van der Waals surface area contributed by atoms with E-state index in [1.54, 1.807) is 29.2 Å². The van der Waals surface area contributed by atoms with Gasteiger partial charge in [-0.05, 0) is 25.0 Å². The zero-order chi connectivity index (χ0) is 14.1. The van der Waals surface area contributed by atoms with Crippen LogP contribution < -0.4 is 5.32 Å².